The van der Waals surface area contributed by atoms with E-state index in [2.05, 4.69) is 0 Å². The van der Waals surface area contributed by atoms with E-state index >= 15 is 0 Å². The monoisotopic (exact) mass is 505 g/mol. The van der Waals surface area contributed by atoms with Gasteiger partial charge in [0.15, 0.2) is 0 Å². The predicted molar refractivity (Wildman–Crippen MR) is 113 cm³/mol. The molecule has 0 fully saturated rings. The number of hydrogen-bond acceptors (Lipinski definition) is 3. The Morgan fingerprint density at radius 3 is 2.09 bits per heavy atom. The van der Waals surface area contributed by atoms with E-state index in [1.807, 2.05) is 0 Å². The molecule has 190 valence electrons. The molecule has 1 unspecified atom stereocenters. The summed E-state index contributed by atoms with van der Waals surface area (Å²) in [7, 11) is 0. The second-order valence-electron chi connectivity index (χ2n) is 8.70. The number of rotatable bonds is 4. The van der Waals surface area contributed by atoms with Crippen LogP contribution in [0.1, 0.15) is 61.3 Å². The van der Waals surface area contributed by atoms with Crippen molar-refractivity contribution in [3.8, 4) is 0 Å². The quantitative estimate of drug-likeness (QED) is 0.330. The summed E-state index contributed by atoms with van der Waals surface area (Å²) in [6.45, 7) is 4.83. The molecule has 3 atom stereocenters. The Balaban J connectivity index is 2.17. The molecule has 0 aliphatic carbocycles. The van der Waals surface area contributed by atoms with Gasteiger partial charge in [-0.25, -0.2) is 9.18 Å². The second kappa shape index (κ2) is 9.50. The molecule has 0 bridgehead atoms. The average Bonchev–Trinajstić information content (AvgIpc) is 2.72. The van der Waals surface area contributed by atoms with Gasteiger partial charge in [0.05, 0.1) is 22.9 Å². The van der Waals surface area contributed by atoms with Crippen molar-refractivity contribution in [3.05, 3.63) is 64.5 Å². The van der Waals surface area contributed by atoms with Crippen molar-refractivity contribution in [1.29, 1.82) is 0 Å². The highest BCUT2D eigenvalue weighted by Gasteiger charge is 2.42. The van der Waals surface area contributed by atoms with E-state index in [1.165, 1.54) is 11.0 Å². The van der Waals surface area contributed by atoms with Gasteiger partial charge in [0.2, 0.25) is 0 Å². The molecule has 2 aromatic rings. The number of benzene rings is 2. The Kier molecular flexibility index (Phi) is 7.19. The van der Waals surface area contributed by atoms with Crippen molar-refractivity contribution < 1.29 is 45.1 Å². The van der Waals surface area contributed by atoms with Gasteiger partial charge in [0, 0.05) is 17.9 Å². The van der Waals surface area contributed by atoms with Crippen LogP contribution in [0.2, 0.25) is 0 Å². The third-order valence-electron chi connectivity index (χ3n) is 5.79. The van der Waals surface area contributed by atoms with Crippen LogP contribution >= 0.6 is 0 Å². The number of carbonyl (C=O) groups is 2. The SMILES string of the molecule is CC(C)OC(=O)N1c2ccc(F)cc2C([C@H](C=O)c2cc(C(F)(F)F)cc(C(F)(F)F)c2)C[C@H]1C. The van der Waals surface area contributed by atoms with Crippen LogP contribution in [0.25, 0.3) is 0 Å². The number of anilines is 1. The van der Waals surface area contributed by atoms with Crippen molar-refractivity contribution in [3.63, 3.8) is 0 Å². The van der Waals surface area contributed by atoms with Gasteiger partial charge in [-0.15, -0.1) is 0 Å². The molecular weight excluding hydrogens is 483 g/mol. The molecule has 3 rings (SSSR count). The molecule has 0 saturated carbocycles. The van der Waals surface area contributed by atoms with Gasteiger partial charge in [-0.1, -0.05) is 0 Å². The summed E-state index contributed by atoms with van der Waals surface area (Å²) in [5.41, 5.74) is -3.35. The molecule has 2 aromatic carbocycles. The second-order valence-corrected chi connectivity index (χ2v) is 8.70. The van der Waals surface area contributed by atoms with Gasteiger partial charge >= 0.3 is 18.4 Å². The van der Waals surface area contributed by atoms with E-state index in [1.54, 1.807) is 20.8 Å². The number of amides is 1. The number of nitrogens with zero attached hydrogens (tertiary/aromatic N) is 1. The molecule has 0 radical (unpaired) electrons. The van der Waals surface area contributed by atoms with E-state index in [4.69, 9.17) is 4.74 Å². The molecule has 0 saturated heterocycles. The zero-order valence-corrected chi connectivity index (χ0v) is 18.9. The zero-order valence-electron chi connectivity index (χ0n) is 18.9. The molecule has 11 heteroatoms. The van der Waals surface area contributed by atoms with Crippen LogP contribution in [-0.2, 0) is 21.9 Å². The van der Waals surface area contributed by atoms with E-state index in [0.717, 1.165) is 12.1 Å². The van der Waals surface area contributed by atoms with Crippen molar-refractivity contribution in [2.24, 2.45) is 0 Å². The summed E-state index contributed by atoms with van der Waals surface area (Å²) in [5, 5.41) is 0. The average molecular weight is 505 g/mol. The summed E-state index contributed by atoms with van der Waals surface area (Å²) in [4.78, 5) is 26.0. The fraction of sp³-hybridized carbons (Fsp3) is 0.417. The Hall–Kier alpha value is -3.11. The Morgan fingerprint density at radius 1 is 1.03 bits per heavy atom. The first-order valence-electron chi connectivity index (χ1n) is 10.7. The van der Waals surface area contributed by atoms with Gasteiger partial charge in [-0.2, -0.15) is 26.3 Å². The fourth-order valence-corrected chi connectivity index (χ4v) is 4.33. The van der Waals surface area contributed by atoms with E-state index in [-0.39, 0.29) is 30.0 Å². The Labute approximate surface area is 196 Å². The molecule has 4 nitrogen and oxygen atoms in total. The van der Waals surface area contributed by atoms with E-state index < -0.39 is 64.9 Å². The van der Waals surface area contributed by atoms with Crippen LogP contribution in [0.3, 0.4) is 0 Å². The summed E-state index contributed by atoms with van der Waals surface area (Å²) >= 11 is 0. The standard InChI is InChI=1S/C24H22F7NO3/c1-12(2)35-22(34)32-13(3)6-18(19-10-17(25)4-5-21(19)32)20(11-33)14-7-15(23(26,27)28)9-16(8-14)24(29,30)31/h4-5,7-13,18,20H,6H2,1-3H3/t13-,18?,20-/m1/s1. The number of hydrogen-bond donors (Lipinski definition) is 0. The van der Waals surface area contributed by atoms with Crippen LogP contribution in [0.5, 0.6) is 0 Å². The Bertz CT molecular complexity index is 1080. The molecule has 0 N–H and O–H groups in total. The highest BCUT2D eigenvalue weighted by Crippen LogP contribution is 2.47. The Morgan fingerprint density at radius 2 is 1.60 bits per heavy atom. The van der Waals surface area contributed by atoms with E-state index in [9.17, 15) is 40.3 Å². The topological polar surface area (TPSA) is 46.6 Å². The lowest BCUT2D eigenvalue weighted by molar-refractivity contribution is -0.143. The molecule has 1 amide bonds. The zero-order chi connectivity index (χ0) is 26.3. The number of ether oxygens (including phenoxy) is 1. The fourth-order valence-electron chi connectivity index (χ4n) is 4.33. The minimum atomic E-state index is -5.09. The molecule has 35 heavy (non-hydrogen) atoms. The first-order chi connectivity index (χ1) is 16.1. The molecule has 1 aliphatic heterocycles. The first kappa shape index (κ1) is 26.5. The smallest absolute Gasteiger partial charge is 0.416 e. The number of aldehydes is 1. The first-order valence-corrected chi connectivity index (χ1v) is 10.7. The van der Waals surface area contributed by atoms with Gasteiger partial charge in [-0.05, 0) is 74.7 Å². The third-order valence-corrected chi connectivity index (χ3v) is 5.79. The molecule has 1 heterocycles. The largest absolute Gasteiger partial charge is 0.446 e. The van der Waals surface area contributed by atoms with Gasteiger partial charge < -0.3 is 9.53 Å². The number of carbonyl (C=O) groups excluding carboxylic acids is 2. The summed E-state index contributed by atoms with van der Waals surface area (Å²) in [5.74, 6) is -3.21. The minimum Gasteiger partial charge on any atom is -0.446 e. The lowest BCUT2D eigenvalue weighted by Gasteiger charge is -2.40. The molecule has 0 aromatic heterocycles. The van der Waals surface area contributed by atoms with Crippen molar-refractivity contribution in [1.82, 2.24) is 0 Å². The van der Waals surface area contributed by atoms with Crippen LogP contribution in [0.15, 0.2) is 36.4 Å². The van der Waals surface area contributed by atoms with Crippen LogP contribution in [0.4, 0.5) is 41.2 Å². The normalized spacial score (nSPS) is 19.3. The maximum atomic E-state index is 14.2. The maximum absolute atomic E-state index is 14.2. The predicted octanol–water partition coefficient (Wildman–Crippen LogP) is 7.07. The van der Waals surface area contributed by atoms with Crippen LogP contribution in [0, 0.1) is 5.82 Å². The third kappa shape index (κ3) is 5.59. The highest BCUT2D eigenvalue weighted by atomic mass is 19.4. The molecule has 0 spiro atoms. The lowest BCUT2D eigenvalue weighted by Crippen LogP contribution is -2.45. The summed E-state index contributed by atoms with van der Waals surface area (Å²) < 4.78 is 99.7. The van der Waals surface area contributed by atoms with Gasteiger partial charge in [0.1, 0.15) is 12.1 Å². The van der Waals surface area contributed by atoms with Crippen LogP contribution in [-0.4, -0.2) is 24.5 Å². The maximum Gasteiger partial charge on any atom is 0.416 e. The number of halogens is 7. The van der Waals surface area contributed by atoms with Crippen molar-refractivity contribution in [2.75, 3.05) is 4.90 Å². The van der Waals surface area contributed by atoms with Crippen LogP contribution < -0.4 is 4.90 Å². The summed E-state index contributed by atoms with van der Waals surface area (Å²) in [6, 6.07) is 3.67. The van der Waals surface area contributed by atoms with Crippen molar-refractivity contribution in [2.45, 2.75) is 63.5 Å². The number of alkyl halides is 6. The molecule has 1 aliphatic rings. The highest BCUT2D eigenvalue weighted by molar-refractivity contribution is 5.90. The van der Waals surface area contributed by atoms with Crippen molar-refractivity contribution >= 4 is 18.1 Å². The minimum absolute atomic E-state index is 0.0217. The molecular formula is C24H22F7NO3. The van der Waals surface area contributed by atoms with E-state index in [0.29, 0.717) is 12.1 Å². The van der Waals surface area contributed by atoms with Gasteiger partial charge in [-0.3, -0.25) is 4.90 Å². The number of fused-ring (bicyclic) bond motifs is 1. The summed E-state index contributed by atoms with van der Waals surface area (Å²) in [6.07, 6.45) is -11.2. The van der Waals surface area contributed by atoms with Gasteiger partial charge in [0.25, 0.3) is 0 Å². The lowest BCUT2D eigenvalue weighted by atomic mass is 9.75.